The van der Waals surface area contributed by atoms with Crippen LogP contribution in [0.25, 0.3) is 33.4 Å². The van der Waals surface area contributed by atoms with E-state index in [-0.39, 0.29) is 11.6 Å². The number of halogens is 1. The van der Waals surface area contributed by atoms with Crippen LogP contribution in [0.5, 0.6) is 0 Å². The van der Waals surface area contributed by atoms with Crippen LogP contribution in [-0.4, -0.2) is 24.7 Å². The molecule has 1 saturated carbocycles. The standard InChI is InChI=1S/C28H24ClN5OS/c29-20-13-14-22-23(16-20)31-27(35)25(24(22)18-8-3-1-4-9-18)36-28-33-32-26(19-10-7-15-30-17-19)34(28)21-11-5-2-6-12-21/h1,3-4,7-10,13-17,21H,2,5-6,11-12H2,(H,31,35). The monoisotopic (exact) mass is 513 g/mol. The van der Waals surface area contributed by atoms with Crippen molar-refractivity contribution in [1.82, 2.24) is 24.7 Å². The predicted molar refractivity (Wildman–Crippen MR) is 145 cm³/mol. The van der Waals surface area contributed by atoms with Crippen molar-refractivity contribution >= 4 is 34.3 Å². The molecule has 6 rings (SSSR count). The highest BCUT2D eigenvalue weighted by molar-refractivity contribution is 7.99. The Morgan fingerprint density at radius 2 is 1.75 bits per heavy atom. The van der Waals surface area contributed by atoms with Crippen molar-refractivity contribution in [2.75, 3.05) is 0 Å². The van der Waals surface area contributed by atoms with Crippen molar-refractivity contribution in [3.63, 3.8) is 0 Å². The van der Waals surface area contributed by atoms with E-state index >= 15 is 0 Å². The molecule has 2 aromatic carbocycles. The smallest absolute Gasteiger partial charge is 0.263 e. The number of hydrogen-bond acceptors (Lipinski definition) is 5. The van der Waals surface area contributed by atoms with Gasteiger partial charge in [0.25, 0.3) is 5.56 Å². The summed E-state index contributed by atoms with van der Waals surface area (Å²) in [6, 6.07) is 19.8. The zero-order valence-corrected chi connectivity index (χ0v) is 21.1. The highest BCUT2D eigenvalue weighted by Crippen LogP contribution is 2.41. The highest BCUT2D eigenvalue weighted by atomic mass is 35.5. The summed E-state index contributed by atoms with van der Waals surface area (Å²) < 4.78 is 2.22. The first-order valence-electron chi connectivity index (χ1n) is 12.1. The number of pyridine rings is 2. The van der Waals surface area contributed by atoms with Gasteiger partial charge in [0.2, 0.25) is 0 Å². The third-order valence-electron chi connectivity index (χ3n) is 6.71. The summed E-state index contributed by atoms with van der Waals surface area (Å²) in [7, 11) is 0. The number of nitrogens with zero attached hydrogens (tertiary/aromatic N) is 4. The molecule has 1 fully saturated rings. The molecule has 6 nitrogen and oxygen atoms in total. The summed E-state index contributed by atoms with van der Waals surface area (Å²) in [6.07, 6.45) is 9.30. The second kappa shape index (κ2) is 9.91. The number of fused-ring (bicyclic) bond motifs is 1. The number of rotatable bonds is 5. The van der Waals surface area contributed by atoms with Crippen LogP contribution in [0.2, 0.25) is 5.02 Å². The van der Waals surface area contributed by atoms with Crippen LogP contribution in [0.1, 0.15) is 38.1 Å². The van der Waals surface area contributed by atoms with Gasteiger partial charge in [0, 0.05) is 40.0 Å². The molecule has 1 aliphatic carbocycles. The zero-order chi connectivity index (χ0) is 24.5. The van der Waals surface area contributed by atoms with Crippen LogP contribution in [0, 0.1) is 0 Å². The minimum atomic E-state index is -0.172. The third kappa shape index (κ3) is 4.33. The number of H-pyrrole nitrogens is 1. The van der Waals surface area contributed by atoms with Gasteiger partial charge in [-0.05, 0) is 54.4 Å². The largest absolute Gasteiger partial charge is 0.321 e. The molecule has 0 saturated heterocycles. The minimum Gasteiger partial charge on any atom is -0.321 e. The van der Waals surface area contributed by atoms with Crippen LogP contribution in [0.15, 0.2) is 87.9 Å². The first kappa shape index (κ1) is 23.0. The SMILES string of the molecule is O=c1[nH]c2cc(Cl)ccc2c(-c2ccccc2)c1Sc1nnc(-c2cccnc2)n1C1CCCCC1. The molecule has 0 atom stereocenters. The summed E-state index contributed by atoms with van der Waals surface area (Å²) >= 11 is 7.64. The average Bonchev–Trinajstić information content (AvgIpc) is 3.34. The molecule has 0 radical (unpaired) electrons. The van der Waals surface area contributed by atoms with E-state index in [0.29, 0.717) is 15.4 Å². The van der Waals surface area contributed by atoms with Gasteiger partial charge >= 0.3 is 0 Å². The van der Waals surface area contributed by atoms with Crippen LogP contribution >= 0.6 is 23.4 Å². The van der Waals surface area contributed by atoms with E-state index in [0.717, 1.165) is 45.9 Å². The second-order valence-electron chi connectivity index (χ2n) is 9.03. The zero-order valence-electron chi connectivity index (χ0n) is 19.5. The van der Waals surface area contributed by atoms with Crippen molar-refractivity contribution in [3.05, 3.63) is 88.4 Å². The summed E-state index contributed by atoms with van der Waals surface area (Å²) in [5, 5.41) is 11.4. The molecule has 1 aliphatic rings. The molecule has 0 amide bonds. The molecule has 1 N–H and O–H groups in total. The quantitative estimate of drug-likeness (QED) is 0.270. The first-order chi connectivity index (χ1) is 17.7. The van der Waals surface area contributed by atoms with Gasteiger partial charge in [0.15, 0.2) is 11.0 Å². The Hall–Kier alpha value is -3.42. The summed E-state index contributed by atoms with van der Waals surface area (Å²) in [4.78, 5) is 21.5. The molecule has 36 heavy (non-hydrogen) atoms. The van der Waals surface area contributed by atoms with Crippen molar-refractivity contribution in [3.8, 4) is 22.5 Å². The van der Waals surface area contributed by atoms with E-state index in [1.165, 1.54) is 31.0 Å². The number of hydrogen-bond donors (Lipinski definition) is 1. The third-order valence-corrected chi connectivity index (χ3v) is 8.00. The molecular weight excluding hydrogens is 490 g/mol. The molecule has 0 aliphatic heterocycles. The Bertz CT molecular complexity index is 1580. The summed E-state index contributed by atoms with van der Waals surface area (Å²) in [5.74, 6) is 0.794. The van der Waals surface area contributed by atoms with E-state index in [4.69, 9.17) is 11.6 Å². The number of nitrogens with one attached hydrogen (secondary N) is 1. The Morgan fingerprint density at radius 3 is 2.53 bits per heavy atom. The fraction of sp³-hybridized carbons (Fsp3) is 0.214. The van der Waals surface area contributed by atoms with Gasteiger partial charge in [-0.25, -0.2) is 0 Å². The van der Waals surface area contributed by atoms with Crippen LogP contribution in [0.4, 0.5) is 0 Å². The Morgan fingerprint density at radius 1 is 0.944 bits per heavy atom. The van der Waals surface area contributed by atoms with Crippen molar-refractivity contribution in [1.29, 1.82) is 0 Å². The Kier molecular flexibility index (Phi) is 6.34. The predicted octanol–water partition coefficient (Wildman–Crippen LogP) is 7.16. The van der Waals surface area contributed by atoms with E-state index in [1.54, 1.807) is 12.3 Å². The Labute approximate surface area is 217 Å². The van der Waals surface area contributed by atoms with Crippen molar-refractivity contribution in [2.24, 2.45) is 0 Å². The van der Waals surface area contributed by atoms with Crippen LogP contribution < -0.4 is 5.56 Å². The molecule has 0 spiro atoms. The van der Waals surface area contributed by atoms with Gasteiger partial charge in [0.05, 0.1) is 10.4 Å². The Balaban J connectivity index is 1.55. The van der Waals surface area contributed by atoms with E-state index < -0.39 is 0 Å². The number of aromatic nitrogens is 5. The lowest BCUT2D eigenvalue weighted by molar-refractivity contribution is 0.339. The number of aromatic amines is 1. The lowest BCUT2D eigenvalue weighted by Crippen LogP contribution is -2.16. The van der Waals surface area contributed by atoms with Crippen LogP contribution in [0.3, 0.4) is 0 Å². The molecule has 5 aromatic rings. The molecule has 180 valence electrons. The lowest BCUT2D eigenvalue weighted by atomic mass is 9.95. The van der Waals surface area contributed by atoms with E-state index in [9.17, 15) is 4.79 Å². The normalized spacial score (nSPS) is 14.4. The molecular formula is C28H24ClN5OS. The lowest BCUT2D eigenvalue weighted by Gasteiger charge is -2.25. The van der Waals surface area contributed by atoms with Gasteiger partial charge < -0.3 is 4.98 Å². The topological polar surface area (TPSA) is 76.5 Å². The second-order valence-corrected chi connectivity index (χ2v) is 10.4. The number of benzene rings is 2. The van der Waals surface area contributed by atoms with Gasteiger partial charge in [-0.3, -0.25) is 14.3 Å². The molecule has 3 aromatic heterocycles. The van der Waals surface area contributed by atoms with Gasteiger partial charge in [-0.2, -0.15) is 0 Å². The van der Waals surface area contributed by atoms with E-state index in [1.807, 2.05) is 60.8 Å². The van der Waals surface area contributed by atoms with Gasteiger partial charge in [-0.1, -0.05) is 67.3 Å². The first-order valence-corrected chi connectivity index (χ1v) is 13.3. The highest BCUT2D eigenvalue weighted by Gasteiger charge is 2.26. The van der Waals surface area contributed by atoms with Gasteiger partial charge in [0.1, 0.15) is 0 Å². The van der Waals surface area contributed by atoms with Gasteiger partial charge in [-0.15, -0.1) is 10.2 Å². The molecule has 0 unspecified atom stereocenters. The van der Waals surface area contributed by atoms with Crippen molar-refractivity contribution in [2.45, 2.75) is 48.2 Å². The molecule has 3 heterocycles. The minimum absolute atomic E-state index is 0.172. The maximum Gasteiger partial charge on any atom is 0.263 e. The average molecular weight is 514 g/mol. The maximum atomic E-state index is 13.5. The summed E-state index contributed by atoms with van der Waals surface area (Å²) in [5.41, 5.74) is 3.30. The summed E-state index contributed by atoms with van der Waals surface area (Å²) in [6.45, 7) is 0. The molecule has 0 bridgehead atoms. The van der Waals surface area contributed by atoms with Crippen LogP contribution in [-0.2, 0) is 0 Å². The fourth-order valence-corrected chi connectivity index (χ4v) is 6.28. The maximum absolute atomic E-state index is 13.5. The van der Waals surface area contributed by atoms with E-state index in [2.05, 4.69) is 24.7 Å². The van der Waals surface area contributed by atoms with Crippen molar-refractivity contribution < 1.29 is 0 Å². The molecule has 8 heteroatoms. The fourth-order valence-electron chi connectivity index (χ4n) is 5.04.